The summed E-state index contributed by atoms with van der Waals surface area (Å²) in [6, 6.07) is 9.39. The number of imidazole rings is 1. The van der Waals surface area contributed by atoms with Gasteiger partial charge in [-0.3, -0.25) is 4.79 Å². The molecule has 2 rings (SSSR count). The van der Waals surface area contributed by atoms with Crippen LogP contribution in [0.3, 0.4) is 0 Å². The third-order valence-corrected chi connectivity index (χ3v) is 3.46. The van der Waals surface area contributed by atoms with Crippen LogP contribution < -0.4 is 0 Å². The highest BCUT2D eigenvalue weighted by molar-refractivity contribution is 5.90. The first-order valence-electron chi connectivity index (χ1n) is 7.48. The van der Waals surface area contributed by atoms with Crippen molar-refractivity contribution in [3.8, 4) is 0 Å². The maximum Gasteiger partial charge on any atom is 0.289 e. The number of carbonyl (C=O) groups is 1. The molecule has 0 aliphatic heterocycles. The van der Waals surface area contributed by atoms with Crippen LogP contribution in [0.5, 0.6) is 0 Å². The largest absolute Gasteiger partial charge is 0.387 e. The van der Waals surface area contributed by atoms with Crippen molar-refractivity contribution in [1.82, 2.24) is 14.5 Å². The Labute approximate surface area is 131 Å². The van der Waals surface area contributed by atoms with Crippen LogP contribution in [0.15, 0.2) is 42.7 Å². The van der Waals surface area contributed by atoms with E-state index in [-0.39, 0.29) is 12.5 Å². The van der Waals surface area contributed by atoms with Crippen LogP contribution >= 0.6 is 0 Å². The molecule has 0 saturated carbocycles. The molecule has 22 heavy (non-hydrogen) atoms. The summed E-state index contributed by atoms with van der Waals surface area (Å²) in [5.74, 6) is 0.546. The average Bonchev–Trinajstić information content (AvgIpc) is 2.92. The van der Waals surface area contributed by atoms with Gasteiger partial charge in [0, 0.05) is 26.0 Å². The van der Waals surface area contributed by atoms with Crippen LogP contribution in [0.2, 0.25) is 0 Å². The summed E-state index contributed by atoms with van der Waals surface area (Å²) in [6.45, 7) is 4.94. The van der Waals surface area contributed by atoms with Crippen LogP contribution in [0.1, 0.15) is 36.1 Å². The Balaban J connectivity index is 2.16. The summed E-state index contributed by atoms with van der Waals surface area (Å²) >= 11 is 0. The number of carbonyl (C=O) groups excluding carboxylic acids is 1. The van der Waals surface area contributed by atoms with Crippen molar-refractivity contribution < 1.29 is 9.90 Å². The van der Waals surface area contributed by atoms with Gasteiger partial charge < -0.3 is 14.6 Å². The number of rotatable bonds is 6. The Morgan fingerprint density at radius 2 is 1.95 bits per heavy atom. The lowest BCUT2D eigenvalue weighted by Crippen LogP contribution is -2.38. The molecule has 0 bridgehead atoms. The summed E-state index contributed by atoms with van der Waals surface area (Å²) < 4.78 is 1.70. The minimum atomic E-state index is -0.704. The molecule has 1 N–H and O–H groups in total. The molecule has 0 radical (unpaired) electrons. The fourth-order valence-corrected chi connectivity index (χ4v) is 2.38. The standard InChI is InChI=1S/C17H23N3O2/c1-13(2)11-20(17(22)16-18-9-10-19(16)3)12-15(21)14-7-5-4-6-8-14/h4-10,13,15,21H,11-12H2,1-3H3/t15-/m1/s1. The molecule has 0 fully saturated rings. The quantitative estimate of drug-likeness (QED) is 0.890. The minimum Gasteiger partial charge on any atom is -0.387 e. The van der Waals surface area contributed by atoms with E-state index >= 15 is 0 Å². The Bertz CT molecular complexity index is 607. The third-order valence-electron chi connectivity index (χ3n) is 3.46. The molecule has 1 heterocycles. The Hall–Kier alpha value is -2.14. The molecule has 1 amide bonds. The highest BCUT2D eigenvalue weighted by atomic mass is 16.3. The molecule has 5 heteroatoms. The maximum absolute atomic E-state index is 12.7. The molecule has 0 unspecified atom stereocenters. The molecule has 1 atom stereocenters. The second-order valence-corrected chi connectivity index (χ2v) is 5.89. The van der Waals surface area contributed by atoms with Crippen molar-refractivity contribution in [3.05, 3.63) is 54.1 Å². The van der Waals surface area contributed by atoms with E-state index < -0.39 is 6.10 Å². The summed E-state index contributed by atoms with van der Waals surface area (Å²) in [6.07, 6.45) is 2.65. The Morgan fingerprint density at radius 1 is 1.27 bits per heavy atom. The molecule has 0 aliphatic rings. The zero-order valence-corrected chi connectivity index (χ0v) is 13.3. The van der Waals surface area contributed by atoms with Gasteiger partial charge in [-0.05, 0) is 11.5 Å². The lowest BCUT2D eigenvalue weighted by Gasteiger charge is -2.27. The summed E-state index contributed by atoms with van der Waals surface area (Å²) in [4.78, 5) is 18.4. The zero-order chi connectivity index (χ0) is 16.1. The SMILES string of the molecule is CC(C)CN(C[C@@H](O)c1ccccc1)C(=O)c1nccn1C. The van der Waals surface area contributed by atoms with E-state index in [0.29, 0.717) is 18.3 Å². The number of benzene rings is 1. The first kappa shape index (κ1) is 16.2. The Morgan fingerprint density at radius 3 is 2.50 bits per heavy atom. The van der Waals surface area contributed by atoms with Crippen molar-refractivity contribution in [2.45, 2.75) is 20.0 Å². The summed E-state index contributed by atoms with van der Waals surface area (Å²) in [7, 11) is 1.79. The molecule has 1 aromatic heterocycles. The van der Waals surface area contributed by atoms with Gasteiger partial charge in [-0.15, -0.1) is 0 Å². The number of nitrogens with zero attached hydrogens (tertiary/aromatic N) is 3. The lowest BCUT2D eigenvalue weighted by atomic mass is 10.1. The fourth-order valence-electron chi connectivity index (χ4n) is 2.38. The van der Waals surface area contributed by atoms with Crippen molar-refractivity contribution in [3.63, 3.8) is 0 Å². The normalized spacial score (nSPS) is 12.4. The highest BCUT2D eigenvalue weighted by Crippen LogP contribution is 2.16. The van der Waals surface area contributed by atoms with Crippen molar-refractivity contribution in [1.29, 1.82) is 0 Å². The number of aryl methyl sites for hydroxylation is 1. The van der Waals surface area contributed by atoms with Crippen molar-refractivity contribution >= 4 is 5.91 Å². The fraction of sp³-hybridized carbons (Fsp3) is 0.412. The topological polar surface area (TPSA) is 58.4 Å². The van der Waals surface area contributed by atoms with E-state index in [1.807, 2.05) is 44.2 Å². The third kappa shape index (κ3) is 3.95. The number of amides is 1. The smallest absolute Gasteiger partial charge is 0.289 e. The lowest BCUT2D eigenvalue weighted by molar-refractivity contribution is 0.0580. The first-order valence-corrected chi connectivity index (χ1v) is 7.48. The molecule has 2 aromatic rings. The molecular formula is C17H23N3O2. The van der Waals surface area contributed by atoms with Gasteiger partial charge in [0.15, 0.2) is 5.82 Å². The van der Waals surface area contributed by atoms with E-state index in [2.05, 4.69) is 4.98 Å². The van der Waals surface area contributed by atoms with Crippen LogP contribution in [0, 0.1) is 5.92 Å². The summed E-state index contributed by atoms with van der Waals surface area (Å²) in [5, 5.41) is 10.4. The van der Waals surface area contributed by atoms with Gasteiger partial charge in [0.05, 0.1) is 12.6 Å². The molecular weight excluding hydrogens is 278 g/mol. The van der Waals surface area contributed by atoms with Crippen LogP contribution in [0.25, 0.3) is 0 Å². The minimum absolute atomic E-state index is 0.156. The molecule has 118 valence electrons. The monoisotopic (exact) mass is 301 g/mol. The second kappa shape index (κ2) is 7.22. The zero-order valence-electron chi connectivity index (χ0n) is 13.3. The average molecular weight is 301 g/mol. The second-order valence-electron chi connectivity index (χ2n) is 5.89. The maximum atomic E-state index is 12.7. The molecule has 0 spiro atoms. The summed E-state index contributed by atoms with van der Waals surface area (Å²) in [5.41, 5.74) is 0.809. The van der Waals surface area contributed by atoms with Gasteiger partial charge in [-0.1, -0.05) is 44.2 Å². The number of hydrogen-bond acceptors (Lipinski definition) is 3. The van der Waals surface area contributed by atoms with Crippen LogP contribution in [-0.4, -0.2) is 38.6 Å². The Kier molecular flexibility index (Phi) is 5.33. The van der Waals surface area contributed by atoms with Gasteiger partial charge in [-0.2, -0.15) is 0 Å². The van der Waals surface area contributed by atoms with E-state index in [4.69, 9.17) is 0 Å². The predicted molar refractivity (Wildman–Crippen MR) is 85.4 cm³/mol. The van der Waals surface area contributed by atoms with Gasteiger partial charge >= 0.3 is 0 Å². The number of aliphatic hydroxyl groups excluding tert-OH is 1. The number of hydrogen-bond donors (Lipinski definition) is 1. The van der Waals surface area contributed by atoms with Gasteiger partial charge in [0.1, 0.15) is 0 Å². The van der Waals surface area contributed by atoms with Gasteiger partial charge in [0.2, 0.25) is 0 Å². The number of aromatic nitrogens is 2. The van der Waals surface area contributed by atoms with Crippen LogP contribution in [-0.2, 0) is 7.05 Å². The number of aliphatic hydroxyl groups is 1. The molecule has 0 aliphatic carbocycles. The molecule has 0 saturated heterocycles. The van der Waals surface area contributed by atoms with Crippen LogP contribution in [0.4, 0.5) is 0 Å². The van der Waals surface area contributed by atoms with E-state index in [9.17, 15) is 9.90 Å². The van der Waals surface area contributed by atoms with E-state index in [1.54, 1.807) is 28.9 Å². The van der Waals surface area contributed by atoms with Gasteiger partial charge in [-0.25, -0.2) is 4.98 Å². The highest BCUT2D eigenvalue weighted by Gasteiger charge is 2.23. The molecule has 5 nitrogen and oxygen atoms in total. The van der Waals surface area contributed by atoms with Crippen molar-refractivity contribution in [2.75, 3.05) is 13.1 Å². The molecule has 1 aromatic carbocycles. The van der Waals surface area contributed by atoms with Gasteiger partial charge in [0.25, 0.3) is 5.91 Å². The first-order chi connectivity index (χ1) is 10.5. The predicted octanol–water partition coefficient (Wildman–Crippen LogP) is 2.25. The van der Waals surface area contributed by atoms with E-state index in [0.717, 1.165) is 5.56 Å². The van der Waals surface area contributed by atoms with Crippen molar-refractivity contribution in [2.24, 2.45) is 13.0 Å². The van der Waals surface area contributed by atoms with E-state index in [1.165, 1.54) is 0 Å².